The highest BCUT2D eigenvalue weighted by molar-refractivity contribution is 7.93. The van der Waals surface area contributed by atoms with Crippen molar-refractivity contribution >= 4 is 21.7 Å². The topological polar surface area (TPSA) is 113 Å². The minimum Gasteiger partial charge on any atom is -0.493 e. The van der Waals surface area contributed by atoms with Crippen LogP contribution in [0.1, 0.15) is 56.1 Å². The summed E-state index contributed by atoms with van der Waals surface area (Å²) >= 11 is 0. The van der Waals surface area contributed by atoms with Crippen LogP contribution in [-0.4, -0.2) is 42.6 Å². The van der Waals surface area contributed by atoms with Crippen LogP contribution in [0.15, 0.2) is 48.5 Å². The molecule has 0 spiro atoms. The maximum absolute atomic E-state index is 12.5. The van der Waals surface area contributed by atoms with Crippen LogP contribution in [0.25, 0.3) is 0 Å². The van der Waals surface area contributed by atoms with Crippen LogP contribution in [0, 0.1) is 0 Å². The molecule has 0 aromatic heterocycles. The lowest BCUT2D eigenvalue weighted by atomic mass is 10.0. The van der Waals surface area contributed by atoms with Crippen LogP contribution in [0.5, 0.6) is 5.75 Å². The lowest BCUT2D eigenvalue weighted by Gasteiger charge is -2.15. The zero-order valence-corrected chi connectivity index (χ0v) is 19.6. The van der Waals surface area contributed by atoms with Crippen LogP contribution in [-0.2, 0) is 27.7 Å². The summed E-state index contributed by atoms with van der Waals surface area (Å²) in [5.74, 6) is -0.205. The first kappa shape index (κ1) is 25.1. The Bertz CT molecular complexity index is 1020. The molecular weight excluding hydrogens is 442 g/mol. The molecule has 0 amide bonds. The lowest BCUT2D eigenvalue weighted by Crippen LogP contribution is -2.25. The molecule has 8 heteroatoms. The summed E-state index contributed by atoms with van der Waals surface area (Å²) in [4.78, 5) is 10.8. The number of aliphatic hydroxyl groups is 1. The van der Waals surface area contributed by atoms with Crippen LogP contribution in [0.3, 0.4) is 0 Å². The van der Waals surface area contributed by atoms with Gasteiger partial charge in [0.25, 0.3) is 0 Å². The Morgan fingerprint density at radius 2 is 1.82 bits per heavy atom. The fourth-order valence-electron chi connectivity index (χ4n) is 4.11. The summed E-state index contributed by atoms with van der Waals surface area (Å²) in [6.07, 6.45) is 4.82. The van der Waals surface area contributed by atoms with Crippen LogP contribution in [0.4, 0.5) is 5.69 Å². The Labute approximate surface area is 195 Å². The molecule has 0 unspecified atom stereocenters. The molecule has 1 aliphatic carbocycles. The maximum atomic E-state index is 12.5. The number of aliphatic carboxylic acids is 1. The normalized spacial score (nSPS) is 15.3. The van der Waals surface area contributed by atoms with E-state index in [2.05, 4.69) is 4.72 Å². The van der Waals surface area contributed by atoms with Gasteiger partial charge in [-0.1, -0.05) is 43.2 Å². The van der Waals surface area contributed by atoms with Crippen molar-refractivity contribution in [2.45, 2.75) is 69.1 Å². The summed E-state index contributed by atoms with van der Waals surface area (Å²) in [6.45, 7) is 0.326. The Morgan fingerprint density at radius 1 is 1.06 bits per heavy atom. The number of hydrogen-bond donors (Lipinski definition) is 3. The van der Waals surface area contributed by atoms with E-state index in [-0.39, 0.29) is 11.7 Å². The second kappa shape index (κ2) is 12.0. The van der Waals surface area contributed by atoms with E-state index in [1.54, 1.807) is 6.07 Å². The van der Waals surface area contributed by atoms with Crippen molar-refractivity contribution < 1.29 is 28.2 Å². The van der Waals surface area contributed by atoms with E-state index in [9.17, 15) is 18.3 Å². The number of hydrogen-bond acceptors (Lipinski definition) is 5. The molecule has 180 valence electrons. The number of nitrogens with one attached hydrogen (secondary N) is 1. The maximum Gasteiger partial charge on any atom is 0.303 e. The van der Waals surface area contributed by atoms with Crippen molar-refractivity contribution in [2.24, 2.45) is 0 Å². The van der Waals surface area contributed by atoms with Crippen molar-refractivity contribution in [1.29, 1.82) is 0 Å². The number of carboxylic acids is 1. The second-order valence-electron chi connectivity index (χ2n) is 8.59. The van der Waals surface area contributed by atoms with Gasteiger partial charge in [-0.25, -0.2) is 8.42 Å². The highest BCUT2D eigenvalue weighted by atomic mass is 32.2. The Hall–Kier alpha value is -2.58. The number of aryl methyl sites for hydroxylation is 2. The van der Waals surface area contributed by atoms with Crippen LogP contribution < -0.4 is 9.46 Å². The van der Waals surface area contributed by atoms with E-state index in [0.717, 1.165) is 24.0 Å². The van der Waals surface area contributed by atoms with Gasteiger partial charge in [-0.3, -0.25) is 9.52 Å². The van der Waals surface area contributed by atoms with E-state index < -0.39 is 22.1 Å². The predicted octanol–water partition coefficient (Wildman–Crippen LogP) is 4.15. The fraction of sp³-hybridized carbons (Fsp3) is 0.480. The van der Waals surface area contributed by atoms with E-state index in [1.165, 1.54) is 0 Å². The summed E-state index contributed by atoms with van der Waals surface area (Å²) in [5.41, 5.74) is 2.36. The molecule has 33 heavy (non-hydrogen) atoms. The van der Waals surface area contributed by atoms with Gasteiger partial charge in [-0.05, 0) is 61.4 Å². The van der Waals surface area contributed by atoms with Gasteiger partial charge in [0.1, 0.15) is 5.75 Å². The molecule has 0 saturated heterocycles. The molecule has 7 nitrogen and oxygen atoms in total. The number of ether oxygens (including phenoxy) is 1. The summed E-state index contributed by atoms with van der Waals surface area (Å²) in [5, 5.41) is 18.9. The average molecular weight is 476 g/mol. The molecule has 3 rings (SSSR count). The number of rotatable bonds is 13. The van der Waals surface area contributed by atoms with E-state index in [4.69, 9.17) is 9.84 Å². The van der Waals surface area contributed by atoms with Gasteiger partial charge in [-0.2, -0.15) is 0 Å². The molecule has 0 aliphatic heterocycles. The number of aliphatic hydroxyl groups excluding tert-OH is 1. The quantitative estimate of drug-likeness (QED) is 0.401. The molecule has 1 saturated carbocycles. The molecule has 2 aromatic carbocycles. The predicted molar refractivity (Wildman–Crippen MR) is 128 cm³/mol. The second-order valence-corrected chi connectivity index (χ2v) is 10.5. The van der Waals surface area contributed by atoms with Crippen molar-refractivity contribution in [3.8, 4) is 5.75 Å². The van der Waals surface area contributed by atoms with Gasteiger partial charge in [0, 0.05) is 18.5 Å². The molecule has 1 fully saturated rings. The third-order valence-electron chi connectivity index (χ3n) is 5.98. The van der Waals surface area contributed by atoms with Gasteiger partial charge in [0.05, 0.1) is 18.0 Å². The number of para-hydroxylation sites is 1. The molecule has 2 aromatic rings. The van der Waals surface area contributed by atoms with Gasteiger partial charge in [-0.15, -0.1) is 0 Å². The van der Waals surface area contributed by atoms with Gasteiger partial charge >= 0.3 is 5.97 Å². The number of benzene rings is 2. The molecule has 1 atom stereocenters. The number of anilines is 1. The Balaban J connectivity index is 1.44. The van der Waals surface area contributed by atoms with Gasteiger partial charge in [0.2, 0.25) is 10.0 Å². The van der Waals surface area contributed by atoms with Gasteiger partial charge in [0.15, 0.2) is 0 Å². The molecule has 1 aliphatic rings. The first-order valence-corrected chi connectivity index (χ1v) is 13.1. The molecular formula is C25H33NO6S. The van der Waals surface area contributed by atoms with Crippen LogP contribution >= 0.6 is 0 Å². The smallest absolute Gasteiger partial charge is 0.303 e. The summed E-state index contributed by atoms with van der Waals surface area (Å²) in [6, 6.07) is 14.7. The van der Waals surface area contributed by atoms with Crippen molar-refractivity contribution in [1.82, 2.24) is 0 Å². The molecule has 0 radical (unpaired) electrons. The molecule has 0 heterocycles. The molecule has 0 bridgehead atoms. The zero-order valence-electron chi connectivity index (χ0n) is 18.8. The van der Waals surface area contributed by atoms with E-state index in [1.807, 2.05) is 42.5 Å². The largest absolute Gasteiger partial charge is 0.493 e. The standard InChI is InChI=1S/C25H33NO6S/c27-22(16-17-32-24-11-4-1-7-20(24)13-15-25(28)29)14-12-19-6-5-8-21(18-19)26-33(30,31)23-9-2-3-10-23/h1,4-8,11,18,22-23,26-27H,2-3,9-10,12-17H2,(H,28,29)/t22-/m0/s1. The Kier molecular flexibility index (Phi) is 9.14. The average Bonchev–Trinajstić information content (AvgIpc) is 3.33. The first-order valence-electron chi connectivity index (χ1n) is 11.5. The first-order chi connectivity index (χ1) is 15.8. The third-order valence-corrected chi connectivity index (χ3v) is 7.85. The minimum atomic E-state index is -3.36. The number of sulfonamides is 1. The van der Waals surface area contributed by atoms with Crippen molar-refractivity contribution in [3.63, 3.8) is 0 Å². The lowest BCUT2D eigenvalue weighted by molar-refractivity contribution is -0.136. The SMILES string of the molecule is O=C(O)CCc1ccccc1OCC[C@@H](O)CCc1cccc(NS(=O)(=O)C2CCCC2)c1. The summed E-state index contributed by atoms with van der Waals surface area (Å²) in [7, 11) is -3.36. The van der Waals surface area contributed by atoms with E-state index in [0.29, 0.717) is 56.6 Å². The highest BCUT2D eigenvalue weighted by Gasteiger charge is 2.28. The highest BCUT2D eigenvalue weighted by Crippen LogP contribution is 2.26. The van der Waals surface area contributed by atoms with E-state index >= 15 is 0 Å². The minimum absolute atomic E-state index is 0.0406. The van der Waals surface area contributed by atoms with Crippen molar-refractivity contribution in [3.05, 3.63) is 59.7 Å². The third kappa shape index (κ3) is 8.05. The number of carboxylic acid groups (broad SMARTS) is 1. The summed E-state index contributed by atoms with van der Waals surface area (Å²) < 4.78 is 33.5. The number of carbonyl (C=O) groups is 1. The monoisotopic (exact) mass is 475 g/mol. The fourth-order valence-corrected chi connectivity index (χ4v) is 5.69. The van der Waals surface area contributed by atoms with Crippen molar-refractivity contribution in [2.75, 3.05) is 11.3 Å². The molecule has 3 N–H and O–H groups in total. The van der Waals surface area contributed by atoms with Crippen LogP contribution in [0.2, 0.25) is 0 Å². The zero-order chi connectivity index (χ0) is 23.7. The Morgan fingerprint density at radius 3 is 2.58 bits per heavy atom. The van der Waals surface area contributed by atoms with Gasteiger partial charge < -0.3 is 14.9 Å².